The van der Waals surface area contributed by atoms with Gasteiger partial charge in [-0.15, -0.1) is 8.58 Å². The molecule has 0 aromatic rings. The summed E-state index contributed by atoms with van der Waals surface area (Å²) in [6.45, 7) is 6.72. The van der Waals surface area contributed by atoms with E-state index in [9.17, 15) is 9.59 Å². The van der Waals surface area contributed by atoms with Gasteiger partial charge in [-0.25, -0.2) is 0 Å². The van der Waals surface area contributed by atoms with Crippen LogP contribution in [-0.4, -0.2) is 50.3 Å². The van der Waals surface area contributed by atoms with Crippen molar-refractivity contribution >= 4 is 20.4 Å². The predicted molar refractivity (Wildman–Crippen MR) is 86.7 cm³/mol. The van der Waals surface area contributed by atoms with Crippen LogP contribution in [0, 0.1) is 0 Å². The average Bonchev–Trinajstić information content (AvgIpc) is 2.39. The molecule has 0 rings (SSSR count). The Morgan fingerprint density at radius 1 is 1.20 bits per heavy atom. The fraction of sp³-hybridized carbons (Fsp3) is 0.857. The van der Waals surface area contributed by atoms with Crippen LogP contribution < -0.4 is 16.0 Å². The largest absolute Gasteiger partial charge is 0.356 e. The van der Waals surface area contributed by atoms with Crippen LogP contribution in [0.2, 0.25) is 0 Å². The maximum Gasteiger partial charge on any atom is 0.237 e. The standard InChI is InChI=1S/C14H30N3O2P/c1-11(2)17-14(19)12(15-3)7-5-6-9-16-13(18)8-10-20-4/h11-12,15,20H,5-10H2,1-4H3,(H,16,18)(H,17,19). The Bertz CT molecular complexity index is 286. The molecule has 0 heterocycles. The highest BCUT2D eigenvalue weighted by Gasteiger charge is 2.16. The molecule has 0 aliphatic heterocycles. The van der Waals surface area contributed by atoms with Crippen LogP contribution in [0.25, 0.3) is 0 Å². The van der Waals surface area contributed by atoms with Gasteiger partial charge >= 0.3 is 0 Å². The van der Waals surface area contributed by atoms with E-state index < -0.39 is 0 Å². The van der Waals surface area contributed by atoms with E-state index in [1.54, 1.807) is 7.05 Å². The zero-order chi connectivity index (χ0) is 15.4. The molecule has 0 aromatic heterocycles. The van der Waals surface area contributed by atoms with E-state index >= 15 is 0 Å². The van der Waals surface area contributed by atoms with Gasteiger partial charge in [0.2, 0.25) is 11.8 Å². The molecule has 2 amide bonds. The third-order valence-corrected chi connectivity index (χ3v) is 3.69. The van der Waals surface area contributed by atoms with Crippen LogP contribution in [0.5, 0.6) is 0 Å². The molecule has 2 atom stereocenters. The van der Waals surface area contributed by atoms with Crippen molar-refractivity contribution < 1.29 is 9.59 Å². The molecule has 0 fully saturated rings. The van der Waals surface area contributed by atoms with Gasteiger partial charge in [-0.1, -0.05) is 0 Å². The summed E-state index contributed by atoms with van der Waals surface area (Å²) in [5.41, 5.74) is 0. The molecule has 0 saturated carbocycles. The molecule has 20 heavy (non-hydrogen) atoms. The Kier molecular flexibility index (Phi) is 11.7. The highest BCUT2D eigenvalue weighted by Crippen LogP contribution is 2.04. The number of likely N-dealkylation sites (N-methyl/N-ethyl adjacent to an activating group) is 1. The SMILES string of the molecule is CNC(CCCCNC(=O)CCPC)C(=O)NC(C)C. The zero-order valence-corrected chi connectivity index (χ0v) is 14.2. The molecule has 2 unspecified atom stereocenters. The second-order valence-corrected chi connectivity index (χ2v) is 6.41. The minimum atomic E-state index is -0.144. The summed E-state index contributed by atoms with van der Waals surface area (Å²) in [4.78, 5) is 23.2. The van der Waals surface area contributed by atoms with Crippen LogP contribution in [0.4, 0.5) is 0 Å². The molecule has 6 heteroatoms. The molecule has 118 valence electrons. The molecule has 0 radical (unpaired) electrons. The molecule has 0 saturated heterocycles. The van der Waals surface area contributed by atoms with Gasteiger partial charge in [0.1, 0.15) is 0 Å². The van der Waals surface area contributed by atoms with Crippen LogP contribution in [0.1, 0.15) is 39.5 Å². The first kappa shape index (κ1) is 19.3. The van der Waals surface area contributed by atoms with Crippen LogP contribution in [0.15, 0.2) is 0 Å². The highest BCUT2D eigenvalue weighted by atomic mass is 31.1. The lowest BCUT2D eigenvalue weighted by molar-refractivity contribution is -0.124. The maximum absolute atomic E-state index is 11.8. The number of hydrogen-bond acceptors (Lipinski definition) is 3. The molecule has 0 aliphatic rings. The summed E-state index contributed by atoms with van der Waals surface area (Å²) in [5, 5.41) is 8.86. The number of hydrogen-bond donors (Lipinski definition) is 3. The lowest BCUT2D eigenvalue weighted by Gasteiger charge is -2.17. The fourth-order valence-electron chi connectivity index (χ4n) is 1.82. The van der Waals surface area contributed by atoms with Crippen LogP contribution in [0.3, 0.4) is 0 Å². The molecule has 0 aliphatic carbocycles. The smallest absolute Gasteiger partial charge is 0.237 e. The van der Waals surface area contributed by atoms with E-state index in [1.807, 2.05) is 13.8 Å². The van der Waals surface area contributed by atoms with Crippen molar-refractivity contribution in [3.05, 3.63) is 0 Å². The normalized spacial score (nSPS) is 12.8. The molecule has 5 nitrogen and oxygen atoms in total. The summed E-state index contributed by atoms with van der Waals surface area (Å²) in [7, 11) is 2.64. The molecule has 0 bridgehead atoms. The lowest BCUT2D eigenvalue weighted by atomic mass is 10.1. The Morgan fingerprint density at radius 3 is 2.45 bits per heavy atom. The zero-order valence-electron chi connectivity index (χ0n) is 13.2. The predicted octanol–water partition coefficient (Wildman–Crippen LogP) is 1.08. The van der Waals surface area contributed by atoms with Gasteiger partial charge in [0, 0.05) is 19.0 Å². The van der Waals surface area contributed by atoms with Crippen molar-refractivity contribution in [2.45, 2.75) is 51.6 Å². The van der Waals surface area contributed by atoms with Crippen molar-refractivity contribution in [2.75, 3.05) is 26.4 Å². The van der Waals surface area contributed by atoms with E-state index in [0.717, 1.165) is 34.0 Å². The van der Waals surface area contributed by atoms with Crippen molar-refractivity contribution in [2.24, 2.45) is 0 Å². The maximum atomic E-state index is 11.8. The second-order valence-electron chi connectivity index (χ2n) is 5.20. The monoisotopic (exact) mass is 303 g/mol. The average molecular weight is 303 g/mol. The lowest BCUT2D eigenvalue weighted by Crippen LogP contribution is -2.45. The van der Waals surface area contributed by atoms with Gasteiger partial charge < -0.3 is 16.0 Å². The topological polar surface area (TPSA) is 70.2 Å². The molecular formula is C14H30N3O2P. The first-order chi connectivity index (χ1) is 9.51. The van der Waals surface area contributed by atoms with E-state index in [1.165, 1.54) is 0 Å². The van der Waals surface area contributed by atoms with Crippen LogP contribution in [-0.2, 0) is 9.59 Å². The van der Waals surface area contributed by atoms with Crippen molar-refractivity contribution in [3.8, 4) is 0 Å². The summed E-state index contributed by atoms with van der Waals surface area (Å²) < 4.78 is 0. The van der Waals surface area contributed by atoms with Crippen LogP contribution >= 0.6 is 8.58 Å². The number of unbranched alkanes of at least 4 members (excludes halogenated alkanes) is 1. The van der Waals surface area contributed by atoms with E-state index in [4.69, 9.17) is 0 Å². The van der Waals surface area contributed by atoms with E-state index in [0.29, 0.717) is 13.0 Å². The number of nitrogens with one attached hydrogen (secondary N) is 3. The van der Waals surface area contributed by atoms with Crippen molar-refractivity contribution in [1.29, 1.82) is 0 Å². The van der Waals surface area contributed by atoms with E-state index in [-0.39, 0.29) is 23.9 Å². The van der Waals surface area contributed by atoms with Crippen molar-refractivity contribution in [3.63, 3.8) is 0 Å². The van der Waals surface area contributed by atoms with Gasteiger partial charge in [-0.05, 0) is 53.0 Å². The minimum Gasteiger partial charge on any atom is -0.356 e. The molecule has 0 spiro atoms. The first-order valence-electron chi connectivity index (χ1n) is 7.40. The first-order valence-corrected chi connectivity index (χ1v) is 9.10. The summed E-state index contributed by atoms with van der Waals surface area (Å²) >= 11 is 0. The number of carbonyl (C=O) groups is 2. The third kappa shape index (κ3) is 10.2. The fourth-order valence-corrected chi connectivity index (χ4v) is 2.30. The Balaban J connectivity index is 3.70. The third-order valence-electron chi connectivity index (χ3n) is 2.94. The van der Waals surface area contributed by atoms with Gasteiger partial charge in [-0.2, -0.15) is 0 Å². The Hall–Kier alpha value is -0.670. The van der Waals surface area contributed by atoms with Gasteiger partial charge in [0.15, 0.2) is 0 Å². The van der Waals surface area contributed by atoms with Gasteiger partial charge in [-0.3, -0.25) is 9.59 Å². The number of carbonyl (C=O) groups excluding carboxylic acids is 2. The Morgan fingerprint density at radius 2 is 1.90 bits per heavy atom. The molecule has 0 aromatic carbocycles. The minimum absolute atomic E-state index is 0.0514. The highest BCUT2D eigenvalue weighted by molar-refractivity contribution is 7.37. The summed E-state index contributed by atoms with van der Waals surface area (Å²) in [6, 6.07) is 0.0197. The number of amides is 2. The summed E-state index contributed by atoms with van der Waals surface area (Å²) in [5.74, 6) is 0.192. The van der Waals surface area contributed by atoms with Crippen molar-refractivity contribution in [1.82, 2.24) is 16.0 Å². The quantitative estimate of drug-likeness (QED) is 0.395. The second kappa shape index (κ2) is 12.1. The van der Waals surface area contributed by atoms with Gasteiger partial charge in [0.05, 0.1) is 6.04 Å². The van der Waals surface area contributed by atoms with E-state index in [2.05, 4.69) is 22.6 Å². The summed E-state index contributed by atoms with van der Waals surface area (Å²) in [6.07, 6.45) is 4.23. The Labute approximate surface area is 124 Å². The molecular weight excluding hydrogens is 273 g/mol. The van der Waals surface area contributed by atoms with Gasteiger partial charge in [0.25, 0.3) is 0 Å². The molecule has 3 N–H and O–H groups in total. The number of rotatable bonds is 11.